The van der Waals surface area contributed by atoms with E-state index in [1.54, 1.807) is 0 Å². The molecule has 2 rings (SSSR count). The molecule has 3 nitrogen and oxygen atoms in total. The first-order valence-corrected chi connectivity index (χ1v) is 6.67. The van der Waals surface area contributed by atoms with Crippen LogP contribution in [-0.2, 0) is 0 Å². The number of carboxylic acid groups (broad SMARTS) is 1. The summed E-state index contributed by atoms with van der Waals surface area (Å²) in [6, 6.07) is 1.57. The number of carbonyl (C=O) groups is 1. The summed E-state index contributed by atoms with van der Waals surface area (Å²) in [4.78, 5) is 10.7. The van der Waals surface area contributed by atoms with Crippen molar-refractivity contribution in [2.75, 3.05) is 0 Å². The summed E-state index contributed by atoms with van der Waals surface area (Å²) in [5.74, 6) is -3.77. The third-order valence-corrected chi connectivity index (χ3v) is 3.82. The molecule has 0 amide bonds. The summed E-state index contributed by atoms with van der Waals surface area (Å²) < 4.78 is 32.9. The van der Waals surface area contributed by atoms with Crippen molar-refractivity contribution in [3.05, 3.63) is 29.3 Å². The average molecular weight is 284 g/mol. The SMILES string of the molecule is CC1(C)CCC(Oc2c(F)cc(C(=O)O)cc2F)CC1. The molecular formula is C15H18F2O3. The summed E-state index contributed by atoms with van der Waals surface area (Å²) in [7, 11) is 0. The van der Waals surface area contributed by atoms with Crippen LogP contribution >= 0.6 is 0 Å². The highest BCUT2D eigenvalue weighted by Gasteiger charge is 2.29. The van der Waals surface area contributed by atoms with Crippen LogP contribution in [0.3, 0.4) is 0 Å². The molecule has 0 aliphatic heterocycles. The highest BCUT2D eigenvalue weighted by atomic mass is 19.1. The first-order valence-electron chi connectivity index (χ1n) is 6.67. The van der Waals surface area contributed by atoms with Gasteiger partial charge in [0.25, 0.3) is 0 Å². The number of halogens is 2. The quantitative estimate of drug-likeness (QED) is 0.912. The van der Waals surface area contributed by atoms with Crippen molar-refractivity contribution >= 4 is 5.97 Å². The lowest BCUT2D eigenvalue weighted by Gasteiger charge is -2.34. The Hall–Kier alpha value is -1.65. The van der Waals surface area contributed by atoms with Crippen LogP contribution in [0.5, 0.6) is 5.75 Å². The van der Waals surface area contributed by atoms with Crippen molar-refractivity contribution < 1.29 is 23.4 Å². The van der Waals surface area contributed by atoms with Gasteiger partial charge in [-0.25, -0.2) is 13.6 Å². The molecule has 20 heavy (non-hydrogen) atoms. The van der Waals surface area contributed by atoms with Gasteiger partial charge in [0, 0.05) is 0 Å². The number of hydrogen-bond donors (Lipinski definition) is 1. The molecule has 0 bridgehead atoms. The highest BCUT2D eigenvalue weighted by molar-refractivity contribution is 5.87. The molecule has 0 aromatic heterocycles. The molecule has 0 saturated heterocycles. The normalized spacial score (nSPS) is 18.8. The number of ether oxygens (including phenoxy) is 1. The van der Waals surface area contributed by atoms with Crippen molar-refractivity contribution in [1.82, 2.24) is 0 Å². The molecule has 0 atom stereocenters. The van der Waals surface area contributed by atoms with Crippen LogP contribution in [-0.4, -0.2) is 17.2 Å². The summed E-state index contributed by atoms with van der Waals surface area (Å²) in [5, 5.41) is 8.73. The third-order valence-electron chi connectivity index (χ3n) is 3.82. The zero-order valence-corrected chi connectivity index (χ0v) is 11.6. The molecule has 0 spiro atoms. The van der Waals surface area contributed by atoms with Crippen molar-refractivity contribution in [1.29, 1.82) is 0 Å². The smallest absolute Gasteiger partial charge is 0.335 e. The number of carboxylic acids is 1. The zero-order valence-electron chi connectivity index (χ0n) is 11.6. The van der Waals surface area contributed by atoms with E-state index in [9.17, 15) is 13.6 Å². The van der Waals surface area contributed by atoms with Crippen LogP contribution in [0.4, 0.5) is 8.78 Å². The van der Waals surface area contributed by atoms with Gasteiger partial charge < -0.3 is 9.84 Å². The van der Waals surface area contributed by atoms with E-state index in [-0.39, 0.29) is 11.5 Å². The van der Waals surface area contributed by atoms with Crippen LogP contribution in [0, 0.1) is 17.0 Å². The zero-order chi connectivity index (χ0) is 14.9. The molecular weight excluding hydrogens is 266 g/mol. The Balaban J connectivity index is 2.12. The largest absolute Gasteiger partial charge is 0.484 e. The molecule has 1 aliphatic carbocycles. The minimum absolute atomic E-state index is 0.220. The lowest BCUT2D eigenvalue weighted by Crippen LogP contribution is -2.28. The fourth-order valence-electron chi connectivity index (χ4n) is 2.45. The van der Waals surface area contributed by atoms with E-state index in [0.717, 1.165) is 37.8 Å². The summed E-state index contributed by atoms with van der Waals surface area (Å²) >= 11 is 0. The van der Waals surface area contributed by atoms with Gasteiger partial charge in [0.2, 0.25) is 0 Å². The fourth-order valence-corrected chi connectivity index (χ4v) is 2.45. The van der Waals surface area contributed by atoms with Gasteiger partial charge >= 0.3 is 5.97 Å². The van der Waals surface area contributed by atoms with Gasteiger partial charge in [0.1, 0.15) is 0 Å². The fraction of sp³-hybridized carbons (Fsp3) is 0.533. The summed E-state index contributed by atoms with van der Waals surface area (Å²) in [6.45, 7) is 4.32. The molecule has 0 heterocycles. The maximum atomic E-state index is 13.7. The molecule has 1 aromatic rings. The third kappa shape index (κ3) is 3.26. The first-order chi connectivity index (χ1) is 9.28. The molecule has 1 aliphatic rings. The van der Waals surface area contributed by atoms with Crippen LogP contribution < -0.4 is 4.74 Å². The number of aromatic carboxylic acids is 1. The molecule has 0 unspecified atom stereocenters. The highest BCUT2D eigenvalue weighted by Crippen LogP contribution is 2.37. The monoisotopic (exact) mass is 284 g/mol. The number of hydrogen-bond acceptors (Lipinski definition) is 2. The maximum Gasteiger partial charge on any atom is 0.335 e. The molecule has 1 saturated carbocycles. The molecule has 1 fully saturated rings. The topological polar surface area (TPSA) is 46.5 Å². The van der Waals surface area contributed by atoms with E-state index in [2.05, 4.69) is 13.8 Å². The van der Waals surface area contributed by atoms with Gasteiger partial charge in [0.05, 0.1) is 11.7 Å². The van der Waals surface area contributed by atoms with Crippen LogP contribution in [0.25, 0.3) is 0 Å². The van der Waals surface area contributed by atoms with Crippen molar-refractivity contribution in [3.8, 4) is 5.75 Å². The Labute approximate surface area is 116 Å². The van der Waals surface area contributed by atoms with Gasteiger partial charge in [-0.2, -0.15) is 0 Å². The number of benzene rings is 1. The van der Waals surface area contributed by atoms with E-state index in [1.165, 1.54) is 0 Å². The Morgan fingerprint density at radius 1 is 1.25 bits per heavy atom. The van der Waals surface area contributed by atoms with E-state index >= 15 is 0 Å². The Morgan fingerprint density at radius 2 is 1.75 bits per heavy atom. The lowest BCUT2D eigenvalue weighted by atomic mass is 9.76. The van der Waals surface area contributed by atoms with Crippen molar-refractivity contribution in [2.45, 2.75) is 45.6 Å². The minimum atomic E-state index is -1.37. The van der Waals surface area contributed by atoms with Gasteiger partial charge in [-0.1, -0.05) is 13.8 Å². The minimum Gasteiger partial charge on any atom is -0.484 e. The van der Waals surface area contributed by atoms with E-state index in [4.69, 9.17) is 9.84 Å². The standard InChI is InChI=1S/C15H18F2O3/c1-15(2)5-3-10(4-6-15)20-13-11(16)7-9(14(18)19)8-12(13)17/h7-8,10H,3-6H2,1-2H3,(H,18,19). The van der Waals surface area contributed by atoms with Gasteiger partial charge in [-0.05, 0) is 43.2 Å². The average Bonchev–Trinajstić information content (AvgIpc) is 2.35. The Morgan fingerprint density at radius 3 is 2.20 bits per heavy atom. The molecule has 0 radical (unpaired) electrons. The van der Waals surface area contributed by atoms with Crippen LogP contribution in [0.2, 0.25) is 0 Å². The summed E-state index contributed by atoms with van der Waals surface area (Å²) in [6.07, 6.45) is 3.14. The second kappa shape index (κ2) is 5.38. The van der Waals surface area contributed by atoms with Gasteiger partial charge in [-0.3, -0.25) is 0 Å². The van der Waals surface area contributed by atoms with Crippen molar-refractivity contribution in [3.63, 3.8) is 0 Å². The van der Waals surface area contributed by atoms with Crippen LogP contribution in [0.15, 0.2) is 12.1 Å². The predicted octanol–water partition coefficient (Wildman–Crippen LogP) is 4.01. The molecule has 110 valence electrons. The molecule has 1 aromatic carbocycles. The predicted molar refractivity (Wildman–Crippen MR) is 70.0 cm³/mol. The van der Waals surface area contributed by atoms with Gasteiger partial charge in [0.15, 0.2) is 17.4 Å². The second-order valence-corrected chi connectivity index (χ2v) is 6.06. The Bertz CT molecular complexity index is 493. The van der Waals surface area contributed by atoms with E-state index in [0.29, 0.717) is 0 Å². The Kier molecular flexibility index (Phi) is 3.97. The maximum absolute atomic E-state index is 13.7. The first kappa shape index (κ1) is 14.8. The summed E-state index contributed by atoms with van der Waals surface area (Å²) in [5.41, 5.74) is -0.179. The second-order valence-electron chi connectivity index (χ2n) is 6.06. The van der Waals surface area contributed by atoms with Gasteiger partial charge in [-0.15, -0.1) is 0 Å². The molecule has 1 N–H and O–H groups in total. The van der Waals surface area contributed by atoms with E-state index < -0.39 is 28.9 Å². The number of rotatable bonds is 3. The lowest BCUT2D eigenvalue weighted by molar-refractivity contribution is 0.0694. The van der Waals surface area contributed by atoms with Crippen LogP contribution in [0.1, 0.15) is 49.9 Å². The van der Waals surface area contributed by atoms with Crippen molar-refractivity contribution in [2.24, 2.45) is 5.41 Å². The molecule has 5 heteroatoms. The van der Waals surface area contributed by atoms with E-state index in [1.807, 2.05) is 0 Å².